The molecule has 1 atom stereocenters. The molecule has 1 N–H and O–H groups in total. The number of hydrogen-bond donors (Lipinski definition) is 1. The number of carbonyl (C=O) groups excluding carboxylic acids is 2. The topological polar surface area (TPSA) is 91.6 Å². The van der Waals surface area contributed by atoms with E-state index in [1.54, 1.807) is 17.0 Å². The van der Waals surface area contributed by atoms with Gasteiger partial charge in [-0.1, -0.05) is 23.4 Å². The van der Waals surface area contributed by atoms with Gasteiger partial charge < -0.3 is 14.7 Å². The van der Waals surface area contributed by atoms with Crippen LogP contribution >= 0.6 is 0 Å². The van der Waals surface area contributed by atoms with Gasteiger partial charge in [-0.15, -0.1) is 0 Å². The predicted molar refractivity (Wildman–Crippen MR) is 125 cm³/mol. The number of aromatic nitrogens is 2. The van der Waals surface area contributed by atoms with Crippen LogP contribution < -0.4 is 10.2 Å². The Kier molecular flexibility index (Phi) is 6.35. The van der Waals surface area contributed by atoms with Gasteiger partial charge in [0.05, 0.1) is 12.5 Å². The fraction of sp³-hybridized carbons (Fsp3) is 0.360. The predicted octanol–water partition coefficient (Wildman–Crippen LogP) is 3.82. The largest absolute Gasteiger partial charge is 0.339 e. The highest BCUT2D eigenvalue weighted by molar-refractivity contribution is 5.97. The second-order valence-corrected chi connectivity index (χ2v) is 8.79. The summed E-state index contributed by atoms with van der Waals surface area (Å²) in [6.07, 6.45) is 3.21. The van der Waals surface area contributed by atoms with Crippen molar-refractivity contribution in [3.05, 3.63) is 60.2 Å². The van der Waals surface area contributed by atoms with E-state index in [9.17, 15) is 14.0 Å². The van der Waals surface area contributed by atoms with Crippen LogP contribution in [0.4, 0.5) is 15.8 Å². The first-order chi connectivity index (χ1) is 16.5. The minimum Gasteiger partial charge on any atom is -0.339 e. The Labute approximate surface area is 196 Å². The molecule has 8 nitrogen and oxygen atoms in total. The minimum atomic E-state index is -0.351. The summed E-state index contributed by atoms with van der Waals surface area (Å²) in [5.74, 6) is 0.533. The summed E-state index contributed by atoms with van der Waals surface area (Å²) in [7, 11) is 0. The molecule has 2 aromatic carbocycles. The third-order valence-electron chi connectivity index (χ3n) is 6.26. The molecule has 3 aromatic rings. The molecule has 2 aliphatic rings. The molecule has 2 fully saturated rings. The maximum absolute atomic E-state index is 13.5. The summed E-state index contributed by atoms with van der Waals surface area (Å²) < 4.78 is 19.0. The van der Waals surface area contributed by atoms with Gasteiger partial charge >= 0.3 is 0 Å². The van der Waals surface area contributed by atoms with Crippen molar-refractivity contribution in [1.29, 1.82) is 0 Å². The molecule has 0 saturated carbocycles. The number of piperidine rings is 1. The van der Waals surface area contributed by atoms with E-state index < -0.39 is 0 Å². The Balaban J connectivity index is 1.19. The van der Waals surface area contributed by atoms with Gasteiger partial charge in [0.25, 0.3) is 0 Å². The molecular weight excluding hydrogens is 437 g/mol. The molecule has 2 amide bonds. The highest BCUT2D eigenvalue weighted by atomic mass is 19.1. The molecule has 34 heavy (non-hydrogen) atoms. The van der Waals surface area contributed by atoms with Crippen LogP contribution in [0.1, 0.15) is 37.5 Å². The van der Waals surface area contributed by atoms with Gasteiger partial charge in [0, 0.05) is 36.4 Å². The van der Waals surface area contributed by atoms with Crippen molar-refractivity contribution in [1.82, 2.24) is 15.0 Å². The van der Waals surface area contributed by atoms with Gasteiger partial charge in [-0.25, -0.2) is 4.39 Å². The molecule has 2 saturated heterocycles. The van der Waals surface area contributed by atoms with E-state index in [0.717, 1.165) is 31.5 Å². The maximum Gasteiger partial charge on any atom is 0.238 e. The summed E-state index contributed by atoms with van der Waals surface area (Å²) in [5, 5.41) is 6.96. The first-order valence-electron chi connectivity index (χ1n) is 11.6. The number of amides is 2. The molecule has 0 aliphatic carbocycles. The molecule has 0 spiro atoms. The van der Waals surface area contributed by atoms with Crippen molar-refractivity contribution >= 4 is 23.2 Å². The Morgan fingerprint density at radius 2 is 2.03 bits per heavy atom. The lowest BCUT2D eigenvalue weighted by molar-refractivity contribution is -0.118. The summed E-state index contributed by atoms with van der Waals surface area (Å²) in [6.45, 7) is 2.38. The smallest absolute Gasteiger partial charge is 0.238 e. The lowest BCUT2D eigenvalue weighted by atomic mass is 9.98. The minimum absolute atomic E-state index is 0.0147. The second-order valence-electron chi connectivity index (χ2n) is 8.79. The number of nitrogens with one attached hydrogen (secondary N) is 1. The number of benzene rings is 2. The van der Waals surface area contributed by atoms with E-state index in [1.165, 1.54) is 12.1 Å². The van der Waals surface area contributed by atoms with Crippen molar-refractivity contribution in [3.8, 4) is 11.4 Å². The summed E-state index contributed by atoms with van der Waals surface area (Å²) in [5.41, 5.74) is 2.05. The third-order valence-corrected chi connectivity index (χ3v) is 6.26. The Hall–Kier alpha value is -3.59. The molecule has 5 rings (SSSR count). The highest BCUT2D eigenvalue weighted by Crippen LogP contribution is 2.28. The van der Waals surface area contributed by atoms with Crippen molar-refractivity contribution < 1.29 is 18.5 Å². The summed E-state index contributed by atoms with van der Waals surface area (Å²) in [6, 6.07) is 13.5. The quantitative estimate of drug-likeness (QED) is 0.598. The van der Waals surface area contributed by atoms with Crippen LogP contribution in [-0.2, 0) is 9.59 Å². The maximum atomic E-state index is 13.5. The Morgan fingerprint density at radius 1 is 1.15 bits per heavy atom. The molecule has 3 heterocycles. The van der Waals surface area contributed by atoms with E-state index >= 15 is 0 Å². The van der Waals surface area contributed by atoms with Crippen LogP contribution in [0.5, 0.6) is 0 Å². The van der Waals surface area contributed by atoms with Crippen LogP contribution in [0.15, 0.2) is 53.1 Å². The zero-order valence-corrected chi connectivity index (χ0v) is 18.7. The monoisotopic (exact) mass is 463 g/mol. The number of likely N-dealkylation sites (tertiary alicyclic amines) is 1. The number of carbonyl (C=O) groups is 2. The van der Waals surface area contributed by atoms with Gasteiger partial charge in [-0.2, -0.15) is 4.98 Å². The number of hydrogen-bond acceptors (Lipinski definition) is 6. The molecule has 9 heteroatoms. The Morgan fingerprint density at radius 3 is 2.85 bits per heavy atom. The highest BCUT2D eigenvalue weighted by Gasteiger charge is 2.27. The molecule has 1 aromatic heterocycles. The number of anilines is 2. The van der Waals surface area contributed by atoms with Crippen LogP contribution in [0, 0.1) is 5.82 Å². The normalized spacial score (nSPS) is 18.9. The van der Waals surface area contributed by atoms with Crippen molar-refractivity contribution in [2.24, 2.45) is 0 Å². The SMILES string of the molecule is O=C(CN1CCCC(c2nc(-c3cccc(F)c3)no2)C1)Nc1cccc(N2CCCC2=O)c1. The van der Waals surface area contributed by atoms with E-state index in [4.69, 9.17) is 4.52 Å². The lowest BCUT2D eigenvalue weighted by Crippen LogP contribution is -2.39. The van der Waals surface area contributed by atoms with Crippen LogP contribution in [0.25, 0.3) is 11.4 Å². The molecular formula is C25H26FN5O3. The Bertz CT molecular complexity index is 1200. The molecule has 0 radical (unpaired) electrons. The van der Waals surface area contributed by atoms with Crippen LogP contribution in [0.3, 0.4) is 0 Å². The fourth-order valence-electron chi connectivity index (χ4n) is 4.62. The van der Waals surface area contributed by atoms with Crippen LogP contribution in [0.2, 0.25) is 0 Å². The van der Waals surface area contributed by atoms with E-state index in [2.05, 4.69) is 20.4 Å². The summed E-state index contributed by atoms with van der Waals surface area (Å²) >= 11 is 0. The first-order valence-corrected chi connectivity index (χ1v) is 11.6. The van der Waals surface area contributed by atoms with Gasteiger partial charge in [-0.3, -0.25) is 14.5 Å². The molecule has 176 valence electrons. The lowest BCUT2D eigenvalue weighted by Gasteiger charge is -2.30. The number of halogens is 1. The number of rotatable bonds is 6. The fourth-order valence-corrected chi connectivity index (χ4v) is 4.62. The molecule has 2 aliphatic heterocycles. The van der Waals surface area contributed by atoms with Crippen molar-refractivity contribution in [2.45, 2.75) is 31.6 Å². The van der Waals surface area contributed by atoms with Gasteiger partial charge in [0.15, 0.2) is 0 Å². The van der Waals surface area contributed by atoms with Gasteiger partial charge in [0.1, 0.15) is 5.82 Å². The third kappa shape index (κ3) is 4.99. The van der Waals surface area contributed by atoms with Crippen molar-refractivity contribution in [2.75, 3.05) is 36.4 Å². The second kappa shape index (κ2) is 9.72. The molecule has 0 bridgehead atoms. The van der Waals surface area contributed by atoms with E-state index in [1.807, 2.05) is 24.3 Å². The average Bonchev–Trinajstić information content (AvgIpc) is 3.49. The number of nitrogens with zero attached hydrogens (tertiary/aromatic N) is 4. The average molecular weight is 464 g/mol. The first kappa shape index (κ1) is 22.2. The van der Waals surface area contributed by atoms with Crippen LogP contribution in [-0.4, -0.2) is 53.0 Å². The van der Waals surface area contributed by atoms with Gasteiger partial charge in [0.2, 0.25) is 23.5 Å². The van der Waals surface area contributed by atoms with Crippen molar-refractivity contribution in [3.63, 3.8) is 0 Å². The standard InChI is InChI=1S/C25H26FN5O3/c26-19-7-1-5-17(13-19)24-28-25(34-29-24)18-6-3-11-30(15-18)16-22(32)27-20-8-2-9-21(14-20)31-12-4-10-23(31)33/h1-2,5,7-9,13-14,18H,3-4,6,10-12,15-16H2,(H,27,32). The summed E-state index contributed by atoms with van der Waals surface area (Å²) in [4.78, 5) is 33.0. The van der Waals surface area contributed by atoms with E-state index in [-0.39, 0.29) is 30.1 Å². The van der Waals surface area contributed by atoms with Gasteiger partial charge in [-0.05, 0) is 56.1 Å². The zero-order valence-electron chi connectivity index (χ0n) is 18.7. The zero-order chi connectivity index (χ0) is 23.5. The molecule has 1 unspecified atom stereocenters. The van der Waals surface area contributed by atoms with E-state index in [0.29, 0.717) is 42.5 Å².